The quantitative estimate of drug-likeness (QED) is 0.884. The third-order valence-corrected chi connectivity index (χ3v) is 3.73. The van der Waals surface area contributed by atoms with Crippen molar-refractivity contribution in [2.45, 2.75) is 25.9 Å². The number of benzene rings is 1. The van der Waals surface area contributed by atoms with Crippen LogP contribution in [0.1, 0.15) is 17.5 Å². The highest BCUT2D eigenvalue weighted by atomic mass is 16.3. The van der Waals surface area contributed by atoms with Crippen molar-refractivity contribution < 1.29 is 9.90 Å². The number of carbonyl (C=O) groups excluding carboxylic acids is 1. The Kier molecular flexibility index (Phi) is 4.56. The van der Waals surface area contributed by atoms with Gasteiger partial charge in [0.05, 0.1) is 6.61 Å². The van der Waals surface area contributed by atoms with E-state index in [-0.39, 0.29) is 12.5 Å². The lowest BCUT2D eigenvalue weighted by atomic mass is 10.1. The Morgan fingerprint density at radius 3 is 2.58 bits per heavy atom. The highest BCUT2D eigenvalue weighted by molar-refractivity contribution is 5.82. The number of aliphatic hydroxyl groups is 1. The molecule has 1 saturated heterocycles. The van der Waals surface area contributed by atoms with Crippen molar-refractivity contribution in [2.75, 3.05) is 26.7 Å². The zero-order valence-electron chi connectivity index (χ0n) is 11.7. The van der Waals surface area contributed by atoms with Gasteiger partial charge in [-0.1, -0.05) is 29.8 Å². The topological polar surface area (TPSA) is 43.8 Å². The van der Waals surface area contributed by atoms with Crippen LogP contribution in [-0.4, -0.2) is 53.6 Å². The first kappa shape index (κ1) is 14.0. The SMILES string of the molecule is Cc1ccc(CN2CCCN(C)C(CO)C2=O)cc1. The van der Waals surface area contributed by atoms with E-state index in [2.05, 4.69) is 31.2 Å². The maximum Gasteiger partial charge on any atom is 0.242 e. The number of hydrogen-bond donors (Lipinski definition) is 1. The van der Waals surface area contributed by atoms with Crippen LogP contribution in [0.4, 0.5) is 0 Å². The van der Waals surface area contributed by atoms with Gasteiger partial charge in [0.15, 0.2) is 0 Å². The summed E-state index contributed by atoms with van der Waals surface area (Å²) in [5, 5.41) is 9.39. The Bertz CT molecular complexity index is 430. The Morgan fingerprint density at radius 1 is 1.26 bits per heavy atom. The molecule has 1 unspecified atom stereocenters. The molecule has 1 aliphatic rings. The average molecular weight is 262 g/mol. The molecular weight excluding hydrogens is 240 g/mol. The van der Waals surface area contributed by atoms with Crippen molar-refractivity contribution in [1.29, 1.82) is 0 Å². The molecule has 1 aromatic carbocycles. The maximum atomic E-state index is 12.4. The number of hydrogen-bond acceptors (Lipinski definition) is 3. The van der Waals surface area contributed by atoms with Crippen molar-refractivity contribution in [3.63, 3.8) is 0 Å². The summed E-state index contributed by atoms with van der Waals surface area (Å²) in [5.74, 6) is 0.0306. The number of aryl methyl sites for hydroxylation is 1. The first-order valence-electron chi connectivity index (χ1n) is 6.77. The summed E-state index contributed by atoms with van der Waals surface area (Å²) in [7, 11) is 1.90. The molecule has 1 amide bonds. The van der Waals surface area contributed by atoms with E-state index in [1.807, 2.05) is 16.8 Å². The van der Waals surface area contributed by atoms with Crippen molar-refractivity contribution in [1.82, 2.24) is 9.80 Å². The largest absolute Gasteiger partial charge is 0.394 e. The lowest BCUT2D eigenvalue weighted by molar-refractivity contribution is -0.136. The van der Waals surface area contributed by atoms with Crippen molar-refractivity contribution >= 4 is 5.91 Å². The van der Waals surface area contributed by atoms with Crippen LogP contribution >= 0.6 is 0 Å². The monoisotopic (exact) mass is 262 g/mol. The van der Waals surface area contributed by atoms with Crippen LogP contribution in [0.2, 0.25) is 0 Å². The minimum Gasteiger partial charge on any atom is -0.394 e. The van der Waals surface area contributed by atoms with Crippen molar-refractivity contribution in [3.8, 4) is 0 Å². The summed E-state index contributed by atoms with van der Waals surface area (Å²) >= 11 is 0. The Hall–Kier alpha value is -1.39. The second kappa shape index (κ2) is 6.17. The van der Waals surface area contributed by atoms with Crippen LogP contribution < -0.4 is 0 Å². The Morgan fingerprint density at radius 2 is 1.95 bits per heavy atom. The maximum absolute atomic E-state index is 12.4. The van der Waals surface area contributed by atoms with Crippen molar-refractivity contribution in [2.24, 2.45) is 0 Å². The zero-order valence-corrected chi connectivity index (χ0v) is 11.7. The van der Waals surface area contributed by atoms with E-state index in [9.17, 15) is 9.90 Å². The third-order valence-electron chi connectivity index (χ3n) is 3.73. The summed E-state index contributed by atoms with van der Waals surface area (Å²) in [6, 6.07) is 7.85. The molecule has 0 aliphatic carbocycles. The molecule has 1 fully saturated rings. The van der Waals surface area contributed by atoms with E-state index in [4.69, 9.17) is 0 Å². The highest BCUT2D eigenvalue weighted by Gasteiger charge is 2.29. The molecule has 1 aliphatic heterocycles. The summed E-state index contributed by atoms with van der Waals surface area (Å²) in [6.07, 6.45) is 0.949. The molecule has 0 radical (unpaired) electrons. The van der Waals surface area contributed by atoms with Gasteiger partial charge in [-0.25, -0.2) is 0 Å². The molecule has 0 saturated carbocycles. The van der Waals surface area contributed by atoms with Gasteiger partial charge in [0, 0.05) is 19.6 Å². The number of carbonyl (C=O) groups is 1. The summed E-state index contributed by atoms with van der Waals surface area (Å²) in [5.41, 5.74) is 2.36. The van der Waals surface area contributed by atoms with Crippen LogP contribution in [0, 0.1) is 6.92 Å². The summed E-state index contributed by atoms with van der Waals surface area (Å²) < 4.78 is 0. The number of aliphatic hydroxyl groups excluding tert-OH is 1. The standard InChI is InChI=1S/C15H22N2O2/c1-12-4-6-13(7-5-12)10-17-9-3-8-16(2)14(11-18)15(17)19/h4-7,14,18H,3,8-11H2,1-2H3. The molecular formula is C15H22N2O2. The first-order chi connectivity index (χ1) is 9.11. The van der Waals surface area contributed by atoms with E-state index in [0.717, 1.165) is 25.1 Å². The molecule has 4 nitrogen and oxygen atoms in total. The summed E-state index contributed by atoms with van der Waals surface area (Å²) in [6.45, 7) is 4.18. The van der Waals surface area contributed by atoms with Crippen molar-refractivity contribution in [3.05, 3.63) is 35.4 Å². The molecule has 1 N–H and O–H groups in total. The molecule has 4 heteroatoms. The number of likely N-dealkylation sites (N-methyl/N-ethyl adjacent to an activating group) is 1. The molecule has 0 spiro atoms. The number of amides is 1. The smallest absolute Gasteiger partial charge is 0.242 e. The van der Waals surface area contributed by atoms with E-state index in [0.29, 0.717) is 6.54 Å². The van der Waals surface area contributed by atoms with E-state index >= 15 is 0 Å². The second-order valence-corrected chi connectivity index (χ2v) is 5.28. The highest BCUT2D eigenvalue weighted by Crippen LogP contribution is 2.14. The van der Waals surface area contributed by atoms with Gasteiger partial charge in [-0.15, -0.1) is 0 Å². The van der Waals surface area contributed by atoms with Gasteiger partial charge >= 0.3 is 0 Å². The van der Waals surface area contributed by atoms with E-state index in [1.165, 1.54) is 5.56 Å². The van der Waals surface area contributed by atoms with Crippen LogP contribution in [0.5, 0.6) is 0 Å². The zero-order chi connectivity index (χ0) is 13.8. The van der Waals surface area contributed by atoms with Crippen LogP contribution in [-0.2, 0) is 11.3 Å². The predicted octanol–water partition coefficient (Wildman–Crippen LogP) is 1.02. The third kappa shape index (κ3) is 3.33. The Balaban J connectivity index is 2.10. The lowest BCUT2D eigenvalue weighted by Gasteiger charge is -2.26. The van der Waals surface area contributed by atoms with Gasteiger partial charge < -0.3 is 10.0 Å². The van der Waals surface area contributed by atoms with Gasteiger partial charge in [-0.3, -0.25) is 9.69 Å². The fraction of sp³-hybridized carbons (Fsp3) is 0.533. The lowest BCUT2D eigenvalue weighted by Crippen LogP contribution is -2.46. The second-order valence-electron chi connectivity index (χ2n) is 5.28. The fourth-order valence-electron chi connectivity index (χ4n) is 2.46. The molecule has 1 atom stereocenters. The molecule has 1 heterocycles. The molecule has 0 aromatic heterocycles. The van der Waals surface area contributed by atoms with Gasteiger partial charge in [-0.05, 0) is 26.0 Å². The van der Waals surface area contributed by atoms with Gasteiger partial charge in [0.1, 0.15) is 6.04 Å². The van der Waals surface area contributed by atoms with Crippen LogP contribution in [0.15, 0.2) is 24.3 Å². The molecule has 0 bridgehead atoms. The predicted molar refractivity (Wildman–Crippen MR) is 74.7 cm³/mol. The molecule has 104 valence electrons. The fourth-order valence-corrected chi connectivity index (χ4v) is 2.46. The van der Waals surface area contributed by atoms with E-state index in [1.54, 1.807) is 0 Å². The average Bonchev–Trinajstić information content (AvgIpc) is 2.52. The number of rotatable bonds is 3. The minimum absolute atomic E-state index is 0.0306. The first-order valence-corrected chi connectivity index (χ1v) is 6.77. The number of nitrogens with zero attached hydrogens (tertiary/aromatic N) is 2. The molecule has 19 heavy (non-hydrogen) atoms. The van der Waals surface area contributed by atoms with E-state index < -0.39 is 6.04 Å². The molecule has 1 aromatic rings. The minimum atomic E-state index is -0.395. The van der Waals surface area contributed by atoms with Crippen LogP contribution in [0.3, 0.4) is 0 Å². The van der Waals surface area contributed by atoms with Gasteiger partial charge in [0.2, 0.25) is 5.91 Å². The van der Waals surface area contributed by atoms with Gasteiger partial charge in [0.25, 0.3) is 0 Å². The summed E-state index contributed by atoms with van der Waals surface area (Å²) in [4.78, 5) is 16.2. The normalized spacial score (nSPS) is 21.5. The van der Waals surface area contributed by atoms with Crippen LogP contribution in [0.25, 0.3) is 0 Å². The Labute approximate surface area is 114 Å². The van der Waals surface area contributed by atoms with Gasteiger partial charge in [-0.2, -0.15) is 0 Å². The molecule has 2 rings (SSSR count).